The molecule has 3 aromatic rings. The second-order valence-electron chi connectivity index (χ2n) is 4.51. The summed E-state index contributed by atoms with van der Waals surface area (Å²) in [6.45, 7) is 0. The molecule has 0 aliphatic carbocycles. The lowest BCUT2D eigenvalue weighted by Gasteiger charge is -2.07. The Morgan fingerprint density at radius 2 is 2.04 bits per heavy atom. The molecule has 3 N–H and O–H groups in total. The molecule has 8 nitrogen and oxygen atoms in total. The highest BCUT2D eigenvalue weighted by Crippen LogP contribution is 2.25. The zero-order valence-corrected chi connectivity index (χ0v) is 13.0. The van der Waals surface area contributed by atoms with E-state index in [1.54, 1.807) is 29.9 Å². The highest BCUT2D eigenvalue weighted by molar-refractivity contribution is 7.13. The smallest absolute Gasteiger partial charge is 0.389 e. The van der Waals surface area contributed by atoms with Crippen molar-refractivity contribution in [2.75, 3.05) is 5.32 Å². The lowest BCUT2D eigenvalue weighted by atomic mass is 10.3. The van der Waals surface area contributed by atoms with E-state index in [0.29, 0.717) is 5.01 Å². The maximum absolute atomic E-state index is 12.3. The van der Waals surface area contributed by atoms with Gasteiger partial charge in [0, 0.05) is 29.5 Å². The molecule has 24 heavy (non-hydrogen) atoms. The Hall–Kier alpha value is -3.33. The molecule has 2 amide bonds. The fourth-order valence-electron chi connectivity index (χ4n) is 1.85. The van der Waals surface area contributed by atoms with Crippen LogP contribution in [0.15, 0.2) is 48.2 Å². The quantitative estimate of drug-likeness (QED) is 0.751. The van der Waals surface area contributed by atoms with E-state index >= 15 is 0 Å². The second-order valence-corrected chi connectivity index (χ2v) is 5.37. The molecular formula is C15H11N5O3S. The molecule has 0 saturated heterocycles. The third-order valence-corrected chi connectivity index (χ3v) is 3.75. The van der Waals surface area contributed by atoms with Crippen LogP contribution in [0.4, 0.5) is 10.5 Å². The average Bonchev–Trinajstić information content (AvgIpc) is 3.07. The molecule has 0 bridgehead atoms. The SMILES string of the molecule is NC(=O)Oc1ncccc1NC(=O)c1csc(-c2cccnc2)n1. The minimum Gasteiger partial charge on any atom is -0.389 e. The van der Waals surface area contributed by atoms with E-state index < -0.39 is 12.0 Å². The number of hydrogen-bond acceptors (Lipinski definition) is 7. The van der Waals surface area contributed by atoms with Gasteiger partial charge in [0.2, 0.25) is 5.88 Å². The van der Waals surface area contributed by atoms with Gasteiger partial charge in [0.25, 0.3) is 5.91 Å². The average molecular weight is 341 g/mol. The lowest BCUT2D eigenvalue weighted by molar-refractivity contribution is 0.102. The Morgan fingerprint density at radius 1 is 1.21 bits per heavy atom. The lowest BCUT2D eigenvalue weighted by Crippen LogP contribution is -2.19. The summed E-state index contributed by atoms with van der Waals surface area (Å²) < 4.78 is 4.74. The van der Waals surface area contributed by atoms with Crippen molar-refractivity contribution in [2.24, 2.45) is 5.73 Å². The van der Waals surface area contributed by atoms with Crippen LogP contribution in [0.2, 0.25) is 0 Å². The van der Waals surface area contributed by atoms with Gasteiger partial charge >= 0.3 is 6.09 Å². The van der Waals surface area contributed by atoms with Crippen LogP contribution in [0, 0.1) is 0 Å². The van der Waals surface area contributed by atoms with E-state index in [4.69, 9.17) is 10.5 Å². The van der Waals surface area contributed by atoms with Crippen molar-refractivity contribution in [2.45, 2.75) is 0 Å². The number of aromatic nitrogens is 3. The number of carbonyl (C=O) groups excluding carboxylic acids is 2. The number of hydrogen-bond donors (Lipinski definition) is 2. The van der Waals surface area contributed by atoms with Crippen LogP contribution in [0.5, 0.6) is 5.88 Å². The summed E-state index contributed by atoms with van der Waals surface area (Å²) in [6, 6.07) is 6.77. The first kappa shape index (κ1) is 15.6. The highest BCUT2D eigenvalue weighted by Gasteiger charge is 2.15. The van der Waals surface area contributed by atoms with Crippen molar-refractivity contribution in [1.82, 2.24) is 15.0 Å². The summed E-state index contributed by atoms with van der Waals surface area (Å²) in [7, 11) is 0. The molecule has 3 rings (SSSR count). The Labute approximate surface area is 140 Å². The summed E-state index contributed by atoms with van der Waals surface area (Å²) in [4.78, 5) is 35.3. The highest BCUT2D eigenvalue weighted by atomic mass is 32.1. The summed E-state index contributed by atoms with van der Waals surface area (Å²) in [5.74, 6) is -0.537. The predicted octanol–water partition coefficient (Wildman–Crippen LogP) is 2.31. The first-order chi connectivity index (χ1) is 11.6. The van der Waals surface area contributed by atoms with E-state index in [2.05, 4.69) is 20.3 Å². The van der Waals surface area contributed by atoms with Gasteiger partial charge < -0.3 is 15.8 Å². The van der Waals surface area contributed by atoms with Gasteiger partial charge in [0.05, 0.1) is 0 Å². The predicted molar refractivity (Wildman–Crippen MR) is 87.7 cm³/mol. The van der Waals surface area contributed by atoms with E-state index in [-0.39, 0.29) is 17.3 Å². The molecule has 9 heteroatoms. The molecule has 0 atom stereocenters. The standard InChI is InChI=1S/C15H11N5O3S/c16-15(22)23-13-10(4-2-6-18-13)19-12(21)11-8-24-14(20-11)9-3-1-5-17-7-9/h1-8H,(H2,16,22)(H,19,21). The van der Waals surface area contributed by atoms with Gasteiger partial charge in [-0.15, -0.1) is 11.3 Å². The normalized spacial score (nSPS) is 10.2. The number of amides is 2. The number of rotatable bonds is 4. The minimum absolute atomic E-state index is 0.0823. The fourth-order valence-corrected chi connectivity index (χ4v) is 2.64. The van der Waals surface area contributed by atoms with E-state index in [1.165, 1.54) is 23.6 Å². The number of anilines is 1. The summed E-state index contributed by atoms with van der Waals surface area (Å²) in [5, 5.41) is 4.89. The van der Waals surface area contributed by atoms with Gasteiger partial charge in [0.1, 0.15) is 16.4 Å². The molecular weight excluding hydrogens is 330 g/mol. The molecule has 0 saturated carbocycles. The molecule has 0 unspecified atom stereocenters. The molecule has 0 aliphatic rings. The summed E-state index contributed by atoms with van der Waals surface area (Å²) in [6.07, 6.45) is 3.72. The monoisotopic (exact) mass is 341 g/mol. The van der Waals surface area contributed by atoms with E-state index in [1.807, 2.05) is 6.07 Å². The first-order valence-electron chi connectivity index (χ1n) is 6.73. The molecule has 3 aromatic heterocycles. The first-order valence-corrected chi connectivity index (χ1v) is 7.61. The maximum atomic E-state index is 12.3. The van der Waals surface area contributed by atoms with Crippen molar-refractivity contribution in [1.29, 1.82) is 0 Å². The molecule has 120 valence electrons. The van der Waals surface area contributed by atoms with Crippen molar-refractivity contribution >= 4 is 29.0 Å². The third kappa shape index (κ3) is 3.52. The van der Waals surface area contributed by atoms with Crippen LogP contribution in [0.3, 0.4) is 0 Å². The van der Waals surface area contributed by atoms with Crippen LogP contribution < -0.4 is 15.8 Å². The van der Waals surface area contributed by atoms with Gasteiger partial charge in [-0.2, -0.15) is 0 Å². The molecule has 3 heterocycles. The summed E-state index contributed by atoms with van der Waals surface area (Å²) >= 11 is 1.32. The molecule has 0 fully saturated rings. The maximum Gasteiger partial charge on any atom is 0.411 e. The van der Waals surface area contributed by atoms with Crippen molar-refractivity contribution in [3.05, 3.63) is 53.9 Å². The Bertz CT molecular complexity index is 882. The van der Waals surface area contributed by atoms with Crippen molar-refractivity contribution < 1.29 is 14.3 Å². The number of pyridine rings is 2. The number of nitrogens with one attached hydrogen (secondary N) is 1. The van der Waals surface area contributed by atoms with Gasteiger partial charge in [0.15, 0.2) is 0 Å². The number of thiazole rings is 1. The van der Waals surface area contributed by atoms with Gasteiger partial charge in [-0.25, -0.2) is 14.8 Å². The van der Waals surface area contributed by atoms with Crippen LogP contribution in [-0.2, 0) is 0 Å². The topological polar surface area (TPSA) is 120 Å². The van der Waals surface area contributed by atoms with Gasteiger partial charge in [-0.05, 0) is 24.3 Å². The van der Waals surface area contributed by atoms with Gasteiger partial charge in [-0.1, -0.05) is 0 Å². The molecule has 0 aromatic carbocycles. The largest absolute Gasteiger partial charge is 0.411 e. The van der Waals surface area contributed by atoms with E-state index in [9.17, 15) is 9.59 Å². The Morgan fingerprint density at radius 3 is 2.79 bits per heavy atom. The number of primary amides is 1. The third-order valence-electron chi connectivity index (χ3n) is 2.86. The minimum atomic E-state index is -1.02. The second kappa shape index (κ2) is 6.84. The fraction of sp³-hybridized carbons (Fsp3) is 0. The number of carbonyl (C=O) groups is 2. The molecule has 0 spiro atoms. The number of nitrogens with two attached hydrogens (primary N) is 1. The number of nitrogens with zero attached hydrogens (tertiary/aromatic N) is 3. The molecule has 0 radical (unpaired) electrons. The van der Waals surface area contributed by atoms with E-state index in [0.717, 1.165) is 5.56 Å². The van der Waals surface area contributed by atoms with Gasteiger partial charge in [-0.3, -0.25) is 9.78 Å². The van der Waals surface area contributed by atoms with Crippen LogP contribution in [-0.4, -0.2) is 27.0 Å². The van der Waals surface area contributed by atoms with Crippen molar-refractivity contribution in [3.8, 4) is 16.5 Å². The number of ether oxygens (including phenoxy) is 1. The zero-order valence-electron chi connectivity index (χ0n) is 12.2. The van der Waals surface area contributed by atoms with Crippen LogP contribution >= 0.6 is 11.3 Å². The molecule has 0 aliphatic heterocycles. The van der Waals surface area contributed by atoms with Crippen LogP contribution in [0.1, 0.15) is 10.5 Å². The van der Waals surface area contributed by atoms with Crippen LogP contribution in [0.25, 0.3) is 10.6 Å². The van der Waals surface area contributed by atoms with Crippen molar-refractivity contribution in [3.63, 3.8) is 0 Å². The zero-order chi connectivity index (χ0) is 16.9. The Balaban J connectivity index is 1.79. The Kier molecular flexibility index (Phi) is 4.43. The summed E-state index contributed by atoms with van der Waals surface area (Å²) in [5.41, 5.74) is 6.24.